The molecular formula is C18H30N2O. The van der Waals surface area contributed by atoms with Gasteiger partial charge in [0.2, 0.25) is 0 Å². The molecule has 0 radical (unpaired) electrons. The SMILES string of the molecule is Cc1ccc(OCCCCN2CCCN(C)CC2)c(C)c1. The fourth-order valence-corrected chi connectivity index (χ4v) is 2.90. The van der Waals surface area contributed by atoms with Crippen molar-refractivity contribution in [1.29, 1.82) is 0 Å². The molecule has 0 aliphatic carbocycles. The van der Waals surface area contributed by atoms with E-state index >= 15 is 0 Å². The number of hydrogen-bond donors (Lipinski definition) is 0. The van der Waals surface area contributed by atoms with Gasteiger partial charge in [-0.05, 0) is 71.4 Å². The molecule has 1 fully saturated rings. The van der Waals surface area contributed by atoms with Crippen molar-refractivity contribution in [2.45, 2.75) is 33.1 Å². The average molecular weight is 290 g/mol. The lowest BCUT2D eigenvalue weighted by Gasteiger charge is -2.19. The summed E-state index contributed by atoms with van der Waals surface area (Å²) in [6.07, 6.45) is 3.67. The molecule has 1 aromatic rings. The van der Waals surface area contributed by atoms with E-state index in [9.17, 15) is 0 Å². The zero-order valence-electron chi connectivity index (χ0n) is 13.9. The van der Waals surface area contributed by atoms with E-state index in [4.69, 9.17) is 4.74 Å². The van der Waals surface area contributed by atoms with E-state index in [1.807, 2.05) is 0 Å². The van der Waals surface area contributed by atoms with Gasteiger partial charge in [-0.25, -0.2) is 0 Å². The largest absolute Gasteiger partial charge is 0.493 e. The zero-order chi connectivity index (χ0) is 15.1. The molecule has 2 rings (SSSR count). The van der Waals surface area contributed by atoms with Crippen molar-refractivity contribution in [2.75, 3.05) is 46.4 Å². The predicted octanol–water partition coefficient (Wildman–Crippen LogP) is 3.10. The van der Waals surface area contributed by atoms with Crippen LogP contribution in [0.25, 0.3) is 0 Å². The van der Waals surface area contributed by atoms with Crippen LogP contribution in [0.4, 0.5) is 0 Å². The summed E-state index contributed by atoms with van der Waals surface area (Å²) in [6, 6.07) is 6.40. The lowest BCUT2D eigenvalue weighted by molar-refractivity contribution is 0.252. The van der Waals surface area contributed by atoms with Gasteiger partial charge in [-0.1, -0.05) is 17.7 Å². The number of likely N-dealkylation sites (N-methyl/N-ethyl adjacent to an activating group) is 1. The summed E-state index contributed by atoms with van der Waals surface area (Å²) in [5.74, 6) is 1.04. The molecule has 0 atom stereocenters. The summed E-state index contributed by atoms with van der Waals surface area (Å²) in [6.45, 7) is 11.2. The molecule has 118 valence electrons. The first kappa shape index (κ1) is 16.3. The summed E-state index contributed by atoms with van der Waals surface area (Å²) < 4.78 is 5.90. The first-order valence-corrected chi connectivity index (χ1v) is 8.26. The molecular weight excluding hydrogens is 260 g/mol. The maximum atomic E-state index is 5.90. The van der Waals surface area contributed by atoms with Crippen LogP contribution >= 0.6 is 0 Å². The van der Waals surface area contributed by atoms with Gasteiger partial charge in [-0.2, -0.15) is 0 Å². The van der Waals surface area contributed by atoms with Crippen molar-refractivity contribution in [3.63, 3.8) is 0 Å². The highest BCUT2D eigenvalue weighted by Crippen LogP contribution is 2.18. The maximum absolute atomic E-state index is 5.90. The molecule has 0 amide bonds. The Morgan fingerprint density at radius 2 is 1.90 bits per heavy atom. The third-order valence-electron chi connectivity index (χ3n) is 4.27. The Kier molecular flexibility index (Phi) is 6.52. The average Bonchev–Trinajstić information content (AvgIpc) is 2.65. The molecule has 3 heteroatoms. The van der Waals surface area contributed by atoms with E-state index in [1.165, 1.54) is 56.7 Å². The monoisotopic (exact) mass is 290 g/mol. The topological polar surface area (TPSA) is 15.7 Å². The van der Waals surface area contributed by atoms with E-state index in [1.54, 1.807) is 0 Å². The number of aryl methyl sites for hydroxylation is 2. The van der Waals surface area contributed by atoms with E-state index in [0.29, 0.717) is 0 Å². The van der Waals surface area contributed by atoms with Gasteiger partial charge in [0.05, 0.1) is 6.61 Å². The molecule has 21 heavy (non-hydrogen) atoms. The van der Waals surface area contributed by atoms with Crippen molar-refractivity contribution < 1.29 is 4.74 Å². The number of unbranched alkanes of at least 4 members (excludes halogenated alkanes) is 1. The Labute approximate surface area is 129 Å². The van der Waals surface area contributed by atoms with E-state index in [2.05, 4.69) is 48.9 Å². The number of nitrogens with zero attached hydrogens (tertiary/aromatic N) is 2. The molecule has 1 heterocycles. The first-order chi connectivity index (χ1) is 10.1. The van der Waals surface area contributed by atoms with Crippen molar-refractivity contribution in [2.24, 2.45) is 0 Å². The van der Waals surface area contributed by atoms with Crippen LogP contribution in [0.5, 0.6) is 5.75 Å². The number of benzene rings is 1. The van der Waals surface area contributed by atoms with Crippen LogP contribution in [0.2, 0.25) is 0 Å². The summed E-state index contributed by atoms with van der Waals surface area (Å²) in [5.41, 5.74) is 2.54. The minimum atomic E-state index is 0.831. The van der Waals surface area contributed by atoms with Crippen LogP contribution in [0.15, 0.2) is 18.2 Å². The van der Waals surface area contributed by atoms with Crippen LogP contribution in [0.1, 0.15) is 30.4 Å². The van der Waals surface area contributed by atoms with Crippen molar-refractivity contribution in [3.8, 4) is 5.75 Å². The molecule has 0 saturated carbocycles. The van der Waals surface area contributed by atoms with Crippen LogP contribution in [0, 0.1) is 13.8 Å². The lowest BCUT2D eigenvalue weighted by atomic mass is 10.1. The summed E-state index contributed by atoms with van der Waals surface area (Å²) in [7, 11) is 2.22. The Balaban J connectivity index is 1.61. The number of ether oxygens (including phenoxy) is 1. The molecule has 0 aromatic heterocycles. The van der Waals surface area contributed by atoms with Gasteiger partial charge in [0.1, 0.15) is 5.75 Å². The van der Waals surface area contributed by atoms with Gasteiger partial charge < -0.3 is 14.5 Å². The fraction of sp³-hybridized carbons (Fsp3) is 0.667. The van der Waals surface area contributed by atoms with Crippen molar-refractivity contribution in [3.05, 3.63) is 29.3 Å². The molecule has 1 saturated heterocycles. The van der Waals surface area contributed by atoms with Gasteiger partial charge in [0, 0.05) is 13.1 Å². The second-order valence-electron chi connectivity index (χ2n) is 6.32. The van der Waals surface area contributed by atoms with Crippen LogP contribution < -0.4 is 4.74 Å². The summed E-state index contributed by atoms with van der Waals surface area (Å²) in [4.78, 5) is 5.03. The highest BCUT2D eigenvalue weighted by atomic mass is 16.5. The van der Waals surface area contributed by atoms with E-state index in [-0.39, 0.29) is 0 Å². The van der Waals surface area contributed by atoms with E-state index < -0.39 is 0 Å². The summed E-state index contributed by atoms with van der Waals surface area (Å²) >= 11 is 0. The normalized spacial score (nSPS) is 17.7. The minimum absolute atomic E-state index is 0.831. The van der Waals surface area contributed by atoms with Gasteiger partial charge in [-0.3, -0.25) is 0 Å². The van der Waals surface area contributed by atoms with Crippen molar-refractivity contribution in [1.82, 2.24) is 9.80 Å². The highest BCUT2D eigenvalue weighted by Gasteiger charge is 2.11. The first-order valence-electron chi connectivity index (χ1n) is 8.26. The smallest absolute Gasteiger partial charge is 0.122 e. The standard InChI is InChI=1S/C18H30N2O/c1-16-7-8-18(17(2)15-16)21-14-5-4-10-20-11-6-9-19(3)12-13-20/h7-8,15H,4-6,9-14H2,1-3H3. The fourth-order valence-electron chi connectivity index (χ4n) is 2.90. The second kappa shape index (κ2) is 8.40. The lowest BCUT2D eigenvalue weighted by Crippen LogP contribution is -2.29. The van der Waals surface area contributed by atoms with Gasteiger partial charge >= 0.3 is 0 Å². The van der Waals surface area contributed by atoms with Crippen LogP contribution in [0.3, 0.4) is 0 Å². The second-order valence-corrected chi connectivity index (χ2v) is 6.32. The highest BCUT2D eigenvalue weighted by molar-refractivity contribution is 5.35. The summed E-state index contributed by atoms with van der Waals surface area (Å²) in [5, 5.41) is 0. The molecule has 0 bridgehead atoms. The molecule has 0 spiro atoms. The predicted molar refractivity (Wildman–Crippen MR) is 89.2 cm³/mol. The molecule has 1 aliphatic rings. The molecule has 0 N–H and O–H groups in total. The Hall–Kier alpha value is -1.06. The Morgan fingerprint density at radius 3 is 2.71 bits per heavy atom. The van der Waals surface area contributed by atoms with Crippen LogP contribution in [-0.2, 0) is 0 Å². The quantitative estimate of drug-likeness (QED) is 0.749. The van der Waals surface area contributed by atoms with Crippen LogP contribution in [-0.4, -0.2) is 56.2 Å². The van der Waals surface area contributed by atoms with Gasteiger partial charge in [-0.15, -0.1) is 0 Å². The third-order valence-corrected chi connectivity index (χ3v) is 4.27. The molecule has 0 unspecified atom stereocenters. The maximum Gasteiger partial charge on any atom is 0.122 e. The zero-order valence-corrected chi connectivity index (χ0v) is 13.9. The van der Waals surface area contributed by atoms with Gasteiger partial charge in [0.15, 0.2) is 0 Å². The Bertz CT molecular complexity index is 433. The minimum Gasteiger partial charge on any atom is -0.493 e. The molecule has 1 aliphatic heterocycles. The van der Waals surface area contributed by atoms with Crippen molar-refractivity contribution >= 4 is 0 Å². The third kappa shape index (κ3) is 5.68. The van der Waals surface area contributed by atoms with Gasteiger partial charge in [0.25, 0.3) is 0 Å². The van der Waals surface area contributed by atoms with E-state index in [0.717, 1.165) is 18.8 Å². The Morgan fingerprint density at radius 1 is 1.05 bits per heavy atom. The number of hydrogen-bond acceptors (Lipinski definition) is 3. The number of rotatable bonds is 6. The molecule has 3 nitrogen and oxygen atoms in total. The molecule has 1 aromatic carbocycles.